The van der Waals surface area contributed by atoms with Gasteiger partial charge in [0.2, 0.25) is 0 Å². The molecular formula is C15H16N2O3. The molecule has 1 saturated carbocycles. The van der Waals surface area contributed by atoms with E-state index in [0.717, 1.165) is 29.7 Å². The number of hydrogen-bond donors (Lipinski definition) is 0. The van der Waals surface area contributed by atoms with Crippen LogP contribution in [-0.2, 0) is 5.41 Å². The highest BCUT2D eigenvalue weighted by atomic mass is 16.6. The van der Waals surface area contributed by atoms with Crippen LogP contribution in [0.3, 0.4) is 0 Å². The maximum absolute atomic E-state index is 11.0. The average molecular weight is 272 g/mol. The van der Waals surface area contributed by atoms with Crippen molar-refractivity contribution in [1.29, 1.82) is 0 Å². The Labute approximate surface area is 116 Å². The van der Waals surface area contributed by atoms with Crippen LogP contribution in [0.5, 0.6) is 0 Å². The molecule has 1 aliphatic rings. The van der Waals surface area contributed by atoms with Gasteiger partial charge in [-0.15, -0.1) is 0 Å². The summed E-state index contributed by atoms with van der Waals surface area (Å²) in [5.41, 5.74) is 2.77. The van der Waals surface area contributed by atoms with Crippen LogP contribution >= 0.6 is 0 Å². The summed E-state index contributed by atoms with van der Waals surface area (Å²) in [6.45, 7) is 4.15. The Kier molecular flexibility index (Phi) is 2.85. The lowest BCUT2D eigenvalue weighted by Crippen LogP contribution is -2.42. The lowest BCUT2D eigenvalue weighted by atomic mass is 9.57. The Morgan fingerprint density at radius 1 is 1.45 bits per heavy atom. The molecule has 0 saturated heterocycles. The number of nitro groups is 1. The lowest BCUT2D eigenvalue weighted by Gasteiger charge is -2.46. The predicted octanol–water partition coefficient (Wildman–Crippen LogP) is 3.61. The zero-order chi connectivity index (χ0) is 14.3. The minimum Gasteiger partial charge on any atom is -0.364 e. The number of rotatable bonds is 3. The molecule has 0 bridgehead atoms. The highest BCUT2D eigenvalue weighted by molar-refractivity contribution is 5.46. The quantitative estimate of drug-likeness (QED) is 0.632. The first-order chi connectivity index (χ1) is 9.53. The van der Waals surface area contributed by atoms with Gasteiger partial charge in [0.25, 0.3) is 5.69 Å². The second-order valence-electron chi connectivity index (χ2n) is 5.75. The van der Waals surface area contributed by atoms with Crippen molar-refractivity contribution < 1.29 is 9.45 Å². The van der Waals surface area contributed by atoms with Crippen LogP contribution in [0.15, 0.2) is 35.1 Å². The van der Waals surface area contributed by atoms with E-state index in [9.17, 15) is 10.1 Å². The van der Waals surface area contributed by atoms with E-state index >= 15 is 0 Å². The lowest BCUT2D eigenvalue weighted by molar-refractivity contribution is -0.385. The van der Waals surface area contributed by atoms with Crippen molar-refractivity contribution in [3.05, 3.63) is 57.5 Å². The molecular weight excluding hydrogens is 256 g/mol. The minimum atomic E-state index is -0.352. The van der Waals surface area contributed by atoms with Crippen molar-refractivity contribution in [3.63, 3.8) is 0 Å². The fraction of sp³-hybridized carbons (Fsp3) is 0.400. The zero-order valence-corrected chi connectivity index (χ0v) is 11.5. The van der Waals surface area contributed by atoms with Crippen LogP contribution in [0.1, 0.15) is 36.6 Å². The normalized spacial score (nSPS) is 25.2. The number of non-ortho nitro benzene ring substituents is 1. The Hall–Kier alpha value is -2.17. The van der Waals surface area contributed by atoms with Gasteiger partial charge in [-0.1, -0.05) is 24.2 Å². The Balaban J connectivity index is 2.10. The summed E-state index contributed by atoms with van der Waals surface area (Å²) in [5, 5.41) is 15.1. The average Bonchev–Trinajstić information content (AvgIpc) is 2.81. The van der Waals surface area contributed by atoms with E-state index in [1.54, 1.807) is 18.4 Å². The number of hydrogen-bond acceptors (Lipinski definition) is 4. The monoisotopic (exact) mass is 272 g/mol. The van der Waals surface area contributed by atoms with Crippen LogP contribution in [0, 0.1) is 23.0 Å². The van der Waals surface area contributed by atoms with Gasteiger partial charge >= 0.3 is 0 Å². The summed E-state index contributed by atoms with van der Waals surface area (Å²) in [6.07, 6.45) is 3.53. The summed E-state index contributed by atoms with van der Waals surface area (Å²) in [4.78, 5) is 10.6. The van der Waals surface area contributed by atoms with E-state index < -0.39 is 0 Å². The summed E-state index contributed by atoms with van der Waals surface area (Å²) < 4.78 is 5.08. The molecule has 1 aromatic heterocycles. The molecule has 2 aromatic rings. The third kappa shape index (κ3) is 1.81. The minimum absolute atomic E-state index is 0.127. The van der Waals surface area contributed by atoms with Crippen LogP contribution in [0.2, 0.25) is 0 Å². The van der Waals surface area contributed by atoms with Gasteiger partial charge in [-0.3, -0.25) is 10.1 Å². The second-order valence-corrected chi connectivity index (χ2v) is 5.75. The van der Waals surface area contributed by atoms with Crippen molar-refractivity contribution in [1.82, 2.24) is 5.16 Å². The Morgan fingerprint density at radius 2 is 2.20 bits per heavy atom. The third-order valence-electron chi connectivity index (χ3n) is 4.20. The molecule has 0 spiro atoms. The fourth-order valence-corrected chi connectivity index (χ4v) is 3.36. The van der Waals surface area contributed by atoms with E-state index in [0.29, 0.717) is 5.92 Å². The van der Waals surface area contributed by atoms with Gasteiger partial charge in [-0.2, -0.15) is 0 Å². The van der Waals surface area contributed by atoms with Gasteiger partial charge in [0, 0.05) is 23.1 Å². The topological polar surface area (TPSA) is 69.2 Å². The van der Waals surface area contributed by atoms with E-state index in [1.165, 1.54) is 6.07 Å². The maximum atomic E-state index is 11.0. The summed E-state index contributed by atoms with van der Waals surface area (Å²) in [5.74, 6) is 0.588. The first-order valence-corrected chi connectivity index (χ1v) is 6.69. The van der Waals surface area contributed by atoms with Crippen LogP contribution in [0.4, 0.5) is 5.69 Å². The summed E-state index contributed by atoms with van der Waals surface area (Å²) in [7, 11) is 0. The van der Waals surface area contributed by atoms with E-state index in [-0.39, 0.29) is 16.0 Å². The molecule has 1 fully saturated rings. The highest BCUT2D eigenvalue weighted by Gasteiger charge is 2.48. The largest absolute Gasteiger partial charge is 0.364 e. The SMILES string of the molecule is Cc1conc1C1(c2cccc([N+](=O)[O-])c2)CC(C)C1. The van der Waals surface area contributed by atoms with Crippen molar-refractivity contribution in [2.75, 3.05) is 0 Å². The van der Waals surface area contributed by atoms with Crippen LogP contribution < -0.4 is 0 Å². The Morgan fingerprint density at radius 3 is 2.75 bits per heavy atom. The number of nitro benzene ring substituents is 1. The molecule has 1 aromatic carbocycles. The van der Waals surface area contributed by atoms with Gasteiger partial charge in [-0.05, 0) is 31.2 Å². The molecule has 0 unspecified atom stereocenters. The fourth-order valence-electron chi connectivity index (χ4n) is 3.36. The molecule has 0 N–H and O–H groups in total. The van der Waals surface area contributed by atoms with Gasteiger partial charge in [0.15, 0.2) is 0 Å². The molecule has 20 heavy (non-hydrogen) atoms. The van der Waals surface area contributed by atoms with Crippen molar-refractivity contribution in [2.24, 2.45) is 5.92 Å². The highest BCUT2D eigenvalue weighted by Crippen LogP contribution is 2.52. The number of aromatic nitrogens is 1. The van der Waals surface area contributed by atoms with Crippen LogP contribution in [-0.4, -0.2) is 10.1 Å². The van der Waals surface area contributed by atoms with E-state index in [1.807, 2.05) is 13.0 Å². The molecule has 1 heterocycles. The molecule has 5 nitrogen and oxygen atoms in total. The molecule has 0 radical (unpaired) electrons. The van der Waals surface area contributed by atoms with E-state index in [2.05, 4.69) is 12.1 Å². The smallest absolute Gasteiger partial charge is 0.269 e. The zero-order valence-electron chi connectivity index (χ0n) is 11.5. The van der Waals surface area contributed by atoms with Gasteiger partial charge < -0.3 is 4.52 Å². The molecule has 0 atom stereocenters. The third-order valence-corrected chi connectivity index (χ3v) is 4.20. The standard InChI is InChI=1S/C15H16N2O3/c1-10-7-15(8-10,14-11(2)9-20-16-14)12-4-3-5-13(6-12)17(18)19/h3-6,9-10H,7-8H2,1-2H3. The molecule has 3 rings (SSSR count). The van der Waals surface area contributed by atoms with Gasteiger partial charge in [0.1, 0.15) is 6.26 Å². The first kappa shape index (κ1) is 12.8. The van der Waals surface area contributed by atoms with Crippen LogP contribution in [0.25, 0.3) is 0 Å². The van der Waals surface area contributed by atoms with Crippen molar-refractivity contribution in [2.45, 2.75) is 32.1 Å². The molecule has 1 aliphatic carbocycles. The summed E-state index contributed by atoms with van der Waals surface area (Å²) >= 11 is 0. The van der Waals surface area contributed by atoms with Crippen molar-refractivity contribution in [3.8, 4) is 0 Å². The summed E-state index contributed by atoms with van der Waals surface area (Å²) in [6, 6.07) is 6.88. The molecule has 5 heteroatoms. The molecule has 0 amide bonds. The molecule has 0 aliphatic heterocycles. The first-order valence-electron chi connectivity index (χ1n) is 6.69. The molecule has 104 valence electrons. The van der Waals surface area contributed by atoms with Crippen molar-refractivity contribution >= 4 is 5.69 Å². The maximum Gasteiger partial charge on any atom is 0.269 e. The number of aryl methyl sites for hydroxylation is 1. The number of nitrogens with zero attached hydrogens (tertiary/aromatic N) is 2. The predicted molar refractivity (Wildman–Crippen MR) is 73.5 cm³/mol. The van der Waals surface area contributed by atoms with E-state index in [4.69, 9.17) is 4.52 Å². The Bertz CT molecular complexity index is 657. The van der Waals surface area contributed by atoms with Gasteiger partial charge in [0.05, 0.1) is 10.6 Å². The second kappa shape index (κ2) is 4.44. The number of benzene rings is 1. The van der Waals surface area contributed by atoms with Gasteiger partial charge in [-0.25, -0.2) is 0 Å².